The van der Waals surface area contributed by atoms with E-state index < -0.39 is 0 Å². The highest BCUT2D eigenvalue weighted by Crippen LogP contribution is 2.28. The highest BCUT2D eigenvalue weighted by atomic mass is 16.2. The number of H-pyrrole nitrogens is 1. The van der Waals surface area contributed by atoms with Gasteiger partial charge in [-0.25, -0.2) is 0 Å². The second-order valence-electron chi connectivity index (χ2n) is 6.28. The van der Waals surface area contributed by atoms with E-state index in [1.54, 1.807) is 0 Å². The number of benzene rings is 1. The molecule has 2 aromatic rings. The minimum absolute atomic E-state index is 0.0807. The molecule has 0 bridgehead atoms. The average Bonchev–Trinajstić information content (AvgIpc) is 3.22. The normalized spacial score (nSPS) is 23.7. The molecule has 0 unspecified atom stereocenters. The van der Waals surface area contributed by atoms with Crippen molar-refractivity contribution in [2.45, 2.75) is 19.5 Å². The molecule has 0 saturated carbocycles. The summed E-state index contributed by atoms with van der Waals surface area (Å²) in [6.07, 6.45) is 2.79. The van der Waals surface area contributed by atoms with Crippen LogP contribution in [0, 0.1) is 11.8 Å². The highest BCUT2D eigenvalue weighted by molar-refractivity contribution is 5.80. The summed E-state index contributed by atoms with van der Waals surface area (Å²) in [5.41, 5.74) is 3.54. The minimum Gasteiger partial charge on any atom is -0.332 e. The topological polar surface area (TPSA) is 61.0 Å². The number of nitrogens with one attached hydrogen (secondary N) is 2. The SMILES string of the molecule is O=C([C@@H]1CNC[C@H]1Cc1ccccc1)N1Cc2cn[nH]c2C1. The molecule has 0 radical (unpaired) electrons. The number of rotatable bonds is 3. The van der Waals surface area contributed by atoms with Crippen molar-refractivity contribution in [1.82, 2.24) is 20.4 Å². The first-order valence-corrected chi connectivity index (χ1v) is 7.86. The van der Waals surface area contributed by atoms with Crippen LogP contribution >= 0.6 is 0 Å². The van der Waals surface area contributed by atoms with Crippen molar-refractivity contribution >= 4 is 5.91 Å². The van der Waals surface area contributed by atoms with Gasteiger partial charge in [-0.3, -0.25) is 9.89 Å². The fraction of sp³-hybridized carbons (Fsp3) is 0.412. The van der Waals surface area contributed by atoms with Gasteiger partial charge in [-0.1, -0.05) is 30.3 Å². The minimum atomic E-state index is 0.0807. The Hall–Kier alpha value is -2.14. The molecule has 5 heteroatoms. The highest BCUT2D eigenvalue weighted by Gasteiger charge is 2.37. The molecule has 114 valence electrons. The molecular weight excluding hydrogens is 276 g/mol. The molecule has 5 nitrogen and oxygen atoms in total. The van der Waals surface area contributed by atoms with Crippen molar-refractivity contribution in [2.24, 2.45) is 11.8 Å². The Kier molecular flexibility index (Phi) is 3.42. The zero-order valence-corrected chi connectivity index (χ0v) is 12.5. The van der Waals surface area contributed by atoms with E-state index in [1.165, 1.54) is 5.56 Å². The van der Waals surface area contributed by atoms with Crippen LogP contribution in [0.1, 0.15) is 16.8 Å². The quantitative estimate of drug-likeness (QED) is 0.898. The number of aromatic amines is 1. The van der Waals surface area contributed by atoms with Crippen LogP contribution in [0.5, 0.6) is 0 Å². The van der Waals surface area contributed by atoms with Crippen molar-refractivity contribution < 1.29 is 4.79 Å². The molecule has 1 aromatic carbocycles. The van der Waals surface area contributed by atoms with E-state index in [1.807, 2.05) is 17.2 Å². The molecule has 22 heavy (non-hydrogen) atoms. The van der Waals surface area contributed by atoms with Crippen LogP contribution in [0.15, 0.2) is 36.5 Å². The second kappa shape index (κ2) is 5.57. The summed E-state index contributed by atoms with van der Waals surface area (Å²) in [4.78, 5) is 14.8. The Balaban J connectivity index is 1.45. The van der Waals surface area contributed by atoms with Gasteiger partial charge in [0.1, 0.15) is 0 Å². The zero-order chi connectivity index (χ0) is 14.9. The molecule has 2 atom stereocenters. The van der Waals surface area contributed by atoms with Gasteiger partial charge in [0.05, 0.1) is 24.4 Å². The van der Waals surface area contributed by atoms with E-state index >= 15 is 0 Å². The zero-order valence-electron chi connectivity index (χ0n) is 12.5. The number of hydrogen-bond donors (Lipinski definition) is 2. The molecule has 1 saturated heterocycles. The van der Waals surface area contributed by atoms with E-state index in [0.29, 0.717) is 19.0 Å². The van der Waals surface area contributed by atoms with Crippen molar-refractivity contribution in [3.05, 3.63) is 53.3 Å². The fourth-order valence-corrected chi connectivity index (χ4v) is 3.61. The molecule has 0 aliphatic carbocycles. The standard InChI is InChI=1S/C17H20N4O/c22-17(21-10-14-8-19-20-16(14)11-21)15-9-18-7-13(15)6-12-4-2-1-3-5-12/h1-5,8,13,15,18H,6-7,9-11H2,(H,19,20)/t13-,15-/m1/s1. The second-order valence-corrected chi connectivity index (χ2v) is 6.28. The van der Waals surface area contributed by atoms with Crippen LogP contribution in [0.2, 0.25) is 0 Å². The van der Waals surface area contributed by atoms with Gasteiger partial charge in [0, 0.05) is 18.7 Å². The van der Waals surface area contributed by atoms with Gasteiger partial charge in [-0.15, -0.1) is 0 Å². The van der Waals surface area contributed by atoms with E-state index in [4.69, 9.17) is 0 Å². The number of amides is 1. The Morgan fingerprint density at radius 1 is 1.23 bits per heavy atom. The molecule has 1 aromatic heterocycles. The maximum Gasteiger partial charge on any atom is 0.227 e. The first-order chi connectivity index (χ1) is 10.8. The maximum atomic E-state index is 12.9. The van der Waals surface area contributed by atoms with Gasteiger partial charge in [-0.2, -0.15) is 5.10 Å². The summed E-state index contributed by atoms with van der Waals surface area (Å²) >= 11 is 0. The van der Waals surface area contributed by atoms with E-state index in [2.05, 4.69) is 39.8 Å². The third kappa shape index (κ3) is 2.41. The van der Waals surface area contributed by atoms with Crippen LogP contribution in [0.4, 0.5) is 0 Å². The Labute approximate surface area is 129 Å². The third-order valence-corrected chi connectivity index (χ3v) is 4.83. The number of carbonyl (C=O) groups excluding carboxylic acids is 1. The fourth-order valence-electron chi connectivity index (χ4n) is 3.61. The van der Waals surface area contributed by atoms with Crippen LogP contribution in [0.3, 0.4) is 0 Å². The molecule has 1 fully saturated rings. The molecular formula is C17H20N4O. The van der Waals surface area contributed by atoms with E-state index in [0.717, 1.165) is 30.8 Å². The molecule has 2 aliphatic heterocycles. The Morgan fingerprint density at radius 3 is 2.91 bits per heavy atom. The van der Waals surface area contributed by atoms with Gasteiger partial charge in [0.25, 0.3) is 0 Å². The van der Waals surface area contributed by atoms with Gasteiger partial charge < -0.3 is 10.2 Å². The van der Waals surface area contributed by atoms with Gasteiger partial charge in [-0.05, 0) is 24.4 Å². The average molecular weight is 296 g/mol. The summed E-state index contributed by atoms with van der Waals surface area (Å²) in [5.74, 6) is 0.736. The van der Waals surface area contributed by atoms with E-state index in [-0.39, 0.29) is 11.8 Å². The monoisotopic (exact) mass is 296 g/mol. The smallest absolute Gasteiger partial charge is 0.227 e. The molecule has 4 rings (SSSR count). The first kappa shape index (κ1) is 13.5. The van der Waals surface area contributed by atoms with Crippen LogP contribution in [0.25, 0.3) is 0 Å². The lowest BCUT2D eigenvalue weighted by Crippen LogP contribution is -2.36. The summed E-state index contributed by atoms with van der Waals surface area (Å²) < 4.78 is 0. The van der Waals surface area contributed by atoms with Crippen LogP contribution in [-0.4, -0.2) is 34.1 Å². The van der Waals surface area contributed by atoms with Crippen LogP contribution in [-0.2, 0) is 24.3 Å². The lowest BCUT2D eigenvalue weighted by molar-refractivity contribution is -0.136. The molecule has 0 spiro atoms. The van der Waals surface area contributed by atoms with Crippen molar-refractivity contribution in [3.8, 4) is 0 Å². The lowest BCUT2D eigenvalue weighted by atomic mass is 9.88. The maximum absolute atomic E-state index is 12.9. The summed E-state index contributed by atoms with van der Waals surface area (Å²) in [5, 5.41) is 10.4. The lowest BCUT2D eigenvalue weighted by Gasteiger charge is -2.24. The number of aromatic nitrogens is 2. The number of carbonyl (C=O) groups is 1. The predicted octanol–water partition coefficient (Wildman–Crippen LogP) is 1.33. The number of nitrogens with zero attached hydrogens (tertiary/aromatic N) is 2. The summed E-state index contributed by atoms with van der Waals surface area (Å²) in [6, 6.07) is 10.5. The van der Waals surface area contributed by atoms with Crippen molar-refractivity contribution in [3.63, 3.8) is 0 Å². The van der Waals surface area contributed by atoms with Gasteiger partial charge >= 0.3 is 0 Å². The predicted molar refractivity (Wildman–Crippen MR) is 82.8 cm³/mol. The molecule has 2 N–H and O–H groups in total. The summed E-state index contributed by atoms with van der Waals surface area (Å²) in [7, 11) is 0. The van der Waals surface area contributed by atoms with Crippen LogP contribution < -0.4 is 5.32 Å². The van der Waals surface area contributed by atoms with Crippen molar-refractivity contribution in [2.75, 3.05) is 13.1 Å². The van der Waals surface area contributed by atoms with Gasteiger partial charge in [0.2, 0.25) is 5.91 Å². The summed E-state index contributed by atoms with van der Waals surface area (Å²) in [6.45, 7) is 3.08. The third-order valence-electron chi connectivity index (χ3n) is 4.83. The Morgan fingerprint density at radius 2 is 2.09 bits per heavy atom. The number of hydrogen-bond acceptors (Lipinski definition) is 3. The Bertz CT molecular complexity index is 646. The first-order valence-electron chi connectivity index (χ1n) is 7.86. The van der Waals surface area contributed by atoms with Gasteiger partial charge in [0.15, 0.2) is 0 Å². The largest absolute Gasteiger partial charge is 0.332 e. The molecule has 1 amide bonds. The van der Waals surface area contributed by atoms with E-state index in [9.17, 15) is 4.79 Å². The molecule has 2 aliphatic rings. The van der Waals surface area contributed by atoms with Crippen molar-refractivity contribution in [1.29, 1.82) is 0 Å². The number of fused-ring (bicyclic) bond motifs is 1. The molecule has 3 heterocycles.